The van der Waals surface area contributed by atoms with Crippen LogP contribution in [0.4, 0.5) is 0 Å². The van der Waals surface area contributed by atoms with Crippen molar-refractivity contribution in [3.05, 3.63) is 26.9 Å². The summed E-state index contributed by atoms with van der Waals surface area (Å²) in [5.74, 6) is -0.293. The summed E-state index contributed by atoms with van der Waals surface area (Å²) in [5, 5.41) is 2.43. The van der Waals surface area contributed by atoms with E-state index in [1.54, 1.807) is 14.0 Å². The summed E-state index contributed by atoms with van der Waals surface area (Å²) in [6, 6.07) is -0.711. The number of hydrogen-bond acceptors (Lipinski definition) is 4. The van der Waals surface area contributed by atoms with Crippen molar-refractivity contribution in [3.63, 3.8) is 0 Å². The van der Waals surface area contributed by atoms with Gasteiger partial charge in [0.1, 0.15) is 17.4 Å². The molecule has 0 radical (unpaired) electrons. The fourth-order valence-electron chi connectivity index (χ4n) is 1.40. The van der Waals surface area contributed by atoms with E-state index in [1.807, 2.05) is 0 Å². The molecule has 0 saturated heterocycles. The van der Waals surface area contributed by atoms with Crippen LogP contribution in [0.25, 0.3) is 0 Å². The number of methoxy groups -OCH3 is 1. The first kappa shape index (κ1) is 15.9. The number of amides is 1. The molecule has 0 aromatic carbocycles. The van der Waals surface area contributed by atoms with Gasteiger partial charge >= 0.3 is 0 Å². The van der Waals surface area contributed by atoms with Gasteiger partial charge in [0, 0.05) is 20.3 Å². The van der Waals surface area contributed by atoms with Crippen molar-refractivity contribution in [2.45, 2.75) is 19.4 Å². The molecule has 0 saturated carbocycles. The third-order valence-electron chi connectivity index (χ3n) is 2.52. The minimum atomic E-state index is -0.711. The molecule has 1 atom stereocenters. The molecule has 0 fully saturated rings. The second-order valence-corrected chi connectivity index (χ2v) is 4.61. The van der Waals surface area contributed by atoms with Crippen LogP contribution in [0.15, 0.2) is 11.1 Å². The van der Waals surface area contributed by atoms with Gasteiger partial charge in [-0.25, -0.2) is 4.98 Å². The van der Waals surface area contributed by atoms with E-state index < -0.39 is 11.6 Å². The molecule has 0 bridgehead atoms. The van der Waals surface area contributed by atoms with Crippen LogP contribution in [0.5, 0.6) is 0 Å². The van der Waals surface area contributed by atoms with Crippen LogP contribution in [-0.2, 0) is 9.53 Å². The Hall–Kier alpha value is -1.11. The number of nitrogens with zero attached hydrogens (tertiary/aromatic N) is 2. The molecule has 0 aliphatic rings. The average Bonchev–Trinajstić information content (AvgIpc) is 2.40. The number of carbonyl (C=O) groups is 1. The summed E-state index contributed by atoms with van der Waals surface area (Å²) in [6.07, 6.45) is 1.90. The molecule has 0 spiro atoms. The maximum Gasteiger partial charge on any atom is 0.274 e. The third-order valence-corrected chi connectivity index (χ3v) is 3.24. The van der Waals surface area contributed by atoms with Crippen molar-refractivity contribution >= 4 is 29.1 Å². The summed E-state index contributed by atoms with van der Waals surface area (Å²) < 4.78 is 6.01. The maximum atomic E-state index is 11.8. The Bertz CT molecular complexity index is 504. The molecular weight excluding hydrogens is 293 g/mol. The zero-order valence-corrected chi connectivity index (χ0v) is 12.2. The molecule has 1 rings (SSSR count). The quantitative estimate of drug-likeness (QED) is 0.634. The second kappa shape index (κ2) is 7.47. The van der Waals surface area contributed by atoms with Crippen LogP contribution in [0, 0.1) is 0 Å². The molecule has 19 heavy (non-hydrogen) atoms. The Morgan fingerprint density at radius 1 is 1.58 bits per heavy atom. The molecule has 0 aliphatic carbocycles. The molecule has 1 amide bonds. The van der Waals surface area contributed by atoms with E-state index >= 15 is 0 Å². The minimum absolute atomic E-state index is 0.0735. The molecule has 1 aromatic heterocycles. The lowest BCUT2D eigenvalue weighted by Crippen LogP contribution is -2.36. The van der Waals surface area contributed by atoms with E-state index in [1.165, 1.54) is 6.33 Å². The van der Waals surface area contributed by atoms with Gasteiger partial charge in [-0.3, -0.25) is 14.2 Å². The smallest absolute Gasteiger partial charge is 0.274 e. The topological polar surface area (TPSA) is 73.2 Å². The Labute approximate surface area is 120 Å². The third kappa shape index (κ3) is 4.19. The number of carbonyl (C=O) groups excluding carboxylic acids is 1. The number of ether oxygens (including phenoxy) is 1. The molecule has 8 heteroatoms. The van der Waals surface area contributed by atoms with E-state index in [0.717, 1.165) is 4.57 Å². The molecule has 1 unspecified atom stereocenters. The van der Waals surface area contributed by atoms with Crippen LogP contribution >= 0.6 is 23.2 Å². The number of hydrogen-bond donors (Lipinski definition) is 1. The van der Waals surface area contributed by atoms with Gasteiger partial charge < -0.3 is 10.1 Å². The van der Waals surface area contributed by atoms with Crippen molar-refractivity contribution in [1.29, 1.82) is 0 Å². The summed E-state index contributed by atoms with van der Waals surface area (Å²) >= 11 is 11.3. The highest BCUT2D eigenvalue weighted by Crippen LogP contribution is 2.14. The minimum Gasteiger partial charge on any atom is -0.385 e. The first-order valence-electron chi connectivity index (χ1n) is 5.67. The van der Waals surface area contributed by atoms with Gasteiger partial charge in [-0.15, -0.1) is 0 Å². The van der Waals surface area contributed by atoms with E-state index in [4.69, 9.17) is 27.9 Å². The van der Waals surface area contributed by atoms with Crippen LogP contribution in [-0.4, -0.2) is 35.7 Å². The zero-order chi connectivity index (χ0) is 14.4. The lowest BCUT2D eigenvalue weighted by Gasteiger charge is -2.15. The summed E-state index contributed by atoms with van der Waals surface area (Å²) in [4.78, 5) is 27.4. The summed E-state index contributed by atoms with van der Waals surface area (Å²) in [6.45, 7) is 2.61. The number of rotatable bonds is 6. The number of aromatic nitrogens is 2. The first-order chi connectivity index (χ1) is 8.99. The number of halogens is 2. The van der Waals surface area contributed by atoms with Gasteiger partial charge in [0.2, 0.25) is 5.91 Å². The van der Waals surface area contributed by atoms with E-state index in [2.05, 4.69) is 10.3 Å². The van der Waals surface area contributed by atoms with Gasteiger partial charge in [0.25, 0.3) is 5.56 Å². The molecule has 1 N–H and O–H groups in total. The second-order valence-electron chi connectivity index (χ2n) is 3.88. The van der Waals surface area contributed by atoms with Crippen molar-refractivity contribution in [2.24, 2.45) is 0 Å². The summed E-state index contributed by atoms with van der Waals surface area (Å²) in [7, 11) is 1.59. The molecule has 6 nitrogen and oxygen atoms in total. The van der Waals surface area contributed by atoms with Crippen molar-refractivity contribution in [1.82, 2.24) is 14.9 Å². The number of nitrogens with one attached hydrogen (secondary N) is 1. The Morgan fingerprint density at radius 2 is 2.26 bits per heavy atom. The highest BCUT2D eigenvalue weighted by molar-refractivity contribution is 6.40. The highest BCUT2D eigenvalue weighted by atomic mass is 35.5. The van der Waals surface area contributed by atoms with Gasteiger partial charge in [-0.05, 0) is 13.3 Å². The van der Waals surface area contributed by atoms with Gasteiger partial charge in [-0.2, -0.15) is 0 Å². The molecule has 1 heterocycles. The fraction of sp³-hybridized carbons (Fsp3) is 0.545. The van der Waals surface area contributed by atoms with Crippen molar-refractivity contribution in [2.75, 3.05) is 20.3 Å². The van der Waals surface area contributed by atoms with Crippen LogP contribution in [0.3, 0.4) is 0 Å². The lowest BCUT2D eigenvalue weighted by molar-refractivity contribution is -0.124. The Kier molecular flexibility index (Phi) is 6.27. The largest absolute Gasteiger partial charge is 0.385 e. The van der Waals surface area contributed by atoms with E-state index in [9.17, 15) is 9.59 Å². The molecule has 1 aromatic rings. The Morgan fingerprint density at radius 3 is 2.89 bits per heavy atom. The van der Waals surface area contributed by atoms with Crippen LogP contribution in [0.1, 0.15) is 19.4 Å². The predicted molar refractivity (Wildman–Crippen MR) is 72.7 cm³/mol. The van der Waals surface area contributed by atoms with Gasteiger partial charge in [0.15, 0.2) is 5.15 Å². The standard InChI is InChI=1S/C11H15Cl2N3O3/c1-7(10(17)14-4-3-5-19-2)16-6-15-9(13)8(12)11(16)18/h6-7H,3-5H2,1-2H3,(H,14,17). The van der Waals surface area contributed by atoms with E-state index in [0.29, 0.717) is 19.6 Å². The Balaban J connectivity index is 2.72. The zero-order valence-electron chi connectivity index (χ0n) is 10.7. The van der Waals surface area contributed by atoms with Crippen LogP contribution < -0.4 is 10.9 Å². The van der Waals surface area contributed by atoms with Crippen molar-refractivity contribution in [3.8, 4) is 0 Å². The lowest BCUT2D eigenvalue weighted by atomic mass is 10.3. The predicted octanol–water partition coefficient (Wildman–Crippen LogP) is 1.26. The van der Waals surface area contributed by atoms with Gasteiger partial charge in [-0.1, -0.05) is 23.2 Å². The van der Waals surface area contributed by atoms with E-state index in [-0.39, 0.29) is 16.1 Å². The highest BCUT2D eigenvalue weighted by Gasteiger charge is 2.18. The summed E-state index contributed by atoms with van der Waals surface area (Å²) in [5.41, 5.74) is -0.541. The van der Waals surface area contributed by atoms with Crippen LogP contribution in [0.2, 0.25) is 10.2 Å². The molecular formula is C11H15Cl2N3O3. The maximum absolute atomic E-state index is 11.8. The molecule has 0 aliphatic heterocycles. The van der Waals surface area contributed by atoms with Gasteiger partial charge in [0.05, 0.1) is 0 Å². The normalized spacial score (nSPS) is 12.2. The average molecular weight is 308 g/mol. The van der Waals surface area contributed by atoms with Crippen molar-refractivity contribution < 1.29 is 9.53 Å². The fourth-order valence-corrected chi connectivity index (χ4v) is 1.67. The molecule has 106 valence electrons. The monoisotopic (exact) mass is 307 g/mol. The first-order valence-corrected chi connectivity index (χ1v) is 6.43. The SMILES string of the molecule is COCCCNC(=O)C(C)n1cnc(Cl)c(Cl)c1=O.